The van der Waals surface area contributed by atoms with Gasteiger partial charge in [-0.25, -0.2) is 0 Å². The second kappa shape index (κ2) is 5.85. The molecular formula is C11H20N2O2. The van der Waals surface area contributed by atoms with E-state index in [2.05, 4.69) is 24.1 Å². The summed E-state index contributed by atoms with van der Waals surface area (Å²) in [7, 11) is 0. The molecule has 0 aromatic rings. The van der Waals surface area contributed by atoms with Gasteiger partial charge in [0.25, 0.3) is 0 Å². The summed E-state index contributed by atoms with van der Waals surface area (Å²) in [6, 6.07) is -0.0979. The Kier molecular flexibility index (Phi) is 4.75. The zero-order chi connectivity index (χ0) is 11.3. The van der Waals surface area contributed by atoms with E-state index in [0.29, 0.717) is 12.8 Å². The van der Waals surface area contributed by atoms with Gasteiger partial charge in [-0.2, -0.15) is 0 Å². The lowest BCUT2D eigenvalue weighted by atomic mass is 10.0. The molecule has 0 spiro atoms. The molecule has 2 amide bonds. The summed E-state index contributed by atoms with van der Waals surface area (Å²) >= 11 is 0. The van der Waals surface area contributed by atoms with Gasteiger partial charge in [0.1, 0.15) is 0 Å². The third-order valence-electron chi connectivity index (χ3n) is 2.86. The molecule has 0 aromatic carbocycles. The SMILES string of the molecule is CCCCN(CC)C1CCC(=O)NC1=O. The molecule has 1 unspecified atom stereocenters. The molecule has 0 bridgehead atoms. The van der Waals surface area contributed by atoms with Crippen LogP contribution >= 0.6 is 0 Å². The zero-order valence-corrected chi connectivity index (χ0v) is 9.58. The van der Waals surface area contributed by atoms with E-state index in [1.807, 2.05) is 0 Å². The molecule has 1 N–H and O–H groups in total. The van der Waals surface area contributed by atoms with Crippen LogP contribution in [0.25, 0.3) is 0 Å². The van der Waals surface area contributed by atoms with Gasteiger partial charge in [0.2, 0.25) is 11.8 Å². The molecule has 1 aliphatic rings. The largest absolute Gasteiger partial charge is 0.295 e. The minimum atomic E-state index is -0.136. The van der Waals surface area contributed by atoms with Gasteiger partial charge in [0.05, 0.1) is 6.04 Å². The van der Waals surface area contributed by atoms with Gasteiger partial charge in [-0.05, 0) is 25.9 Å². The molecule has 86 valence electrons. The maximum Gasteiger partial charge on any atom is 0.243 e. The van der Waals surface area contributed by atoms with E-state index < -0.39 is 0 Å². The Morgan fingerprint density at radius 3 is 2.67 bits per heavy atom. The lowest BCUT2D eigenvalue weighted by molar-refractivity contribution is -0.137. The Morgan fingerprint density at radius 1 is 1.40 bits per heavy atom. The van der Waals surface area contributed by atoms with E-state index in [-0.39, 0.29) is 17.9 Å². The minimum Gasteiger partial charge on any atom is -0.295 e. The normalized spacial score (nSPS) is 21.9. The molecule has 0 aromatic heterocycles. The fraction of sp³-hybridized carbons (Fsp3) is 0.818. The van der Waals surface area contributed by atoms with Crippen LogP contribution in [0.2, 0.25) is 0 Å². The molecule has 15 heavy (non-hydrogen) atoms. The van der Waals surface area contributed by atoms with E-state index in [4.69, 9.17) is 0 Å². The molecule has 0 radical (unpaired) electrons. The molecule has 1 fully saturated rings. The van der Waals surface area contributed by atoms with Gasteiger partial charge in [-0.3, -0.25) is 19.8 Å². The van der Waals surface area contributed by atoms with Crippen molar-refractivity contribution >= 4 is 11.8 Å². The Hall–Kier alpha value is -0.900. The fourth-order valence-corrected chi connectivity index (χ4v) is 1.93. The molecule has 0 saturated carbocycles. The topological polar surface area (TPSA) is 49.4 Å². The standard InChI is InChI=1S/C11H20N2O2/c1-3-5-8-13(4-2)9-6-7-10(14)12-11(9)15/h9H,3-8H2,1-2H3,(H,12,14,15). The number of amides is 2. The molecule has 1 rings (SSSR count). The molecule has 1 aliphatic heterocycles. The first kappa shape index (κ1) is 12.2. The highest BCUT2D eigenvalue weighted by Crippen LogP contribution is 2.12. The highest BCUT2D eigenvalue weighted by Gasteiger charge is 2.30. The monoisotopic (exact) mass is 212 g/mol. The third-order valence-corrected chi connectivity index (χ3v) is 2.86. The quantitative estimate of drug-likeness (QED) is 0.689. The highest BCUT2D eigenvalue weighted by molar-refractivity contribution is 6.00. The van der Waals surface area contributed by atoms with Gasteiger partial charge < -0.3 is 0 Å². The van der Waals surface area contributed by atoms with Crippen molar-refractivity contribution in [3.8, 4) is 0 Å². The third kappa shape index (κ3) is 3.30. The van der Waals surface area contributed by atoms with Crippen LogP contribution in [0.5, 0.6) is 0 Å². The molecule has 1 saturated heterocycles. The van der Waals surface area contributed by atoms with Crippen LogP contribution in [0, 0.1) is 0 Å². The smallest absolute Gasteiger partial charge is 0.243 e. The lowest BCUT2D eigenvalue weighted by Gasteiger charge is -2.31. The van der Waals surface area contributed by atoms with Crippen molar-refractivity contribution in [2.75, 3.05) is 13.1 Å². The van der Waals surface area contributed by atoms with Gasteiger partial charge >= 0.3 is 0 Å². The van der Waals surface area contributed by atoms with Gasteiger partial charge in [-0.1, -0.05) is 20.3 Å². The van der Waals surface area contributed by atoms with Crippen molar-refractivity contribution in [2.24, 2.45) is 0 Å². The predicted molar refractivity (Wildman–Crippen MR) is 58.3 cm³/mol. The predicted octanol–water partition coefficient (Wildman–Crippen LogP) is 0.914. The summed E-state index contributed by atoms with van der Waals surface area (Å²) in [5, 5.41) is 2.40. The van der Waals surface area contributed by atoms with Gasteiger partial charge in [0, 0.05) is 6.42 Å². The Morgan fingerprint density at radius 2 is 2.13 bits per heavy atom. The number of imide groups is 1. The van der Waals surface area contributed by atoms with Crippen molar-refractivity contribution in [3.63, 3.8) is 0 Å². The fourth-order valence-electron chi connectivity index (χ4n) is 1.93. The van der Waals surface area contributed by atoms with Crippen molar-refractivity contribution < 1.29 is 9.59 Å². The maximum absolute atomic E-state index is 11.6. The summed E-state index contributed by atoms with van der Waals surface area (Å²) < 4.78 is 0. The average molecular weight is 212 g/mol. The van der Waals surface area contributed by atoms with Crippen LogP contribution in [-0.4, -0.2) is 35.8 Å². The average Bonchev–Trinajstić information content (AvgIpc) is 2.21. The number of rotatable bonds is 5. The van der Waals surface area contributed by atoms with Crippen molar-refractivity contribution in [3.05, 3.63) is 0 Å². The van der Waals surface area contributed by atoms with Crippen LogP contribution in [0.3, 0.4) is 0 Å². The first-order valence-electron chi connectivity index (χ1n) is 5.76. The number of nitrogens with one attached hydrogen (secondary N) is 1. The zero-order valence-electron chi connectivity index (χ0n) is 9.58. The number of unbranched alkanes of at least 4 members (excludes halogenated alkanes) is 1. The first-order valence-corrected chi connectivity index (χ1v) is 5.76. The molecule has 4 nitrogen and oxygen atoms in total. The highest BCUT2D eigenvalue weighted by atomic mass is 16.2. The van der Waals surface area contributed by atoms with Crippen LogP contribution in [0.1, 0.15) is 39.5 Å². The number of hydrogen-bond donors (Lipinski definition) is 1. The van der Waals surface area contributed by atoms with Crippen molar-refractivity contribution in [2.45, 2.75) is 45.6 Å². The Bertz CT molecular complexity index is 241. The Labute approximate surface area is 91.0 Å². The Balaban J connectivity index is 2.51. The molecular weight excluding hydrogens is 192 g/mol. The number of carbonyl (C=O) groups is 2. The number of nitrogens with zero attached hydrogens (tertiary/aromatic N) is 1. The summed E-state index contributed by atoms with van der Waals surface area (Å²) in [5.41, 5.74) is 0. The van der Waals surface area contributed by atoms with Gasteiger partial charge in [0.15, 0.2) is 0 Å². The van der Waals surface area contributed by atoms with E-state index in [0.717, 1.165) is 25.9 Å². The van der Waals surface area contributed by atoms with E-state index >= 15 is 0 Å². The summed E-state index contributed by atoms with van der Waals surface area (Å²) in [5.74, 6) is -0.257. The first-order chi connectivity index (χ1) is 7.19. The van der Waals surface area contributed by atoms with Crippen LogP contribution in [-0.2, 0) is 9.59 Å². The van der Waals surface area contributed by atoms with Crippen molar-refractivity contribution in [1.29, 1.82) is 0 Å². The van der Waals surface area contributed by atoms with Crippen LogP contribution in [0.4, 0.5) is 0 Å². The van der Waals surface area contributed by atoms with Crippen LogP contribution < -0.4 is 5.32 Å². The molecule has 0 aliphatic carbocycles. The number of likely N-dealkylation sites (N-methyl/N-ethyl adjacent to an activating group) is 1. The summed E-state index contributed by atoms with van der Waals surface area (Å²) in [6.45, 7) is 6.00. The molecule has 1 atom stereocenters. The molecule has 4 heteroatoms. The van der Waals surface area contributed by atoms with Crippen LogP contribution in [0.15, 0.2) is 0 Å². The summed E-state index contributed by atoms with van der Waals surface area (Å²) in [6.07, 6.45) is 3.37. The van der Waals surface area contributed by atoms with Crippen molar-refractivity contribution in [1.82, 2.24) is 10.2 Å². The maximum atomic E-state index is 11.6. The number of hydrogen-bond acceptors (Lipinski definition) is 3. The number of piperidine rings is 1. The second-order valence-electron chi connectivity index (χ2n) is 3.95. The van der Waals surface area contributed by atoms with Gasteiger partial charge in [-0.15, -0.1) is 0 Å². The van der Waals surface area contributed by atoms with E-state index in [9.17, 15) is 9.59 Å². The number of carbonyl (C=O) groups excluding carboxylic acids is 2. The second-order valence-corrected chi connectivity index (χ2v) is 3.95. The lowest BCUT2D eigenvalue weighted by Crippen LogP contribution is -2.52. The van der Waals surface area contributed by atoms with E-state index in [1.165, 1.54) is 0 Å². The van der Waals surface area contributed by atoms with E-state index in [1.54, 1.807) is 0 Å². The summed E-state index contributed by atoms with van der Waals surface area (Å²) in [4.78, 5) is 24.7. The molecule has 1 heterocycles. The minimum absolute atomic E-state index is 0.0979.